The molecule has 1 aromatic rings. The number of nitrogens with one attached hydrogen (secondary N) is 1. The van der Waals surface area contributed by atoms with Gasteiger partial charge in [0.25, 0.3) is 5.69 Å². The fourth-order valence-corrected chi connectivity index (χ4v) is 1.59. The molecule has 0 saturated heterocycles. The molecule has 1 aromatic carbocycles. The number of ether oxygens (including phenoxy) is 1. The van der Waals surface area contributed by atoms with Gasteiger partial charge in [-0.3, -0.25) is 14.9 Å². The van der Waals surface area contributed by atoms with Crippen LogP contribution in [0.2, 0.25) is 0 Å². The number of primary amides is 1. The van der Waals surface area contributed by atoms with Crippen molar-refractivity contribution in [3.05, 3.63) is 32.5 Å². The molecule has 1 rings (SSSR count). The second kappa shape index (κ2) is 7.00. The summed E-state index contributed by atoms with van der Waals surface area (Å²) in [5.41, 5.74) is 4.63. The van der Waals surface area contributed by atoms with E-state index in [0.29, 0.717) is 0 Å². The predicted molar refractivity (Wildman–Crippen MR) is 69.3 cm³/mol. The Morgan fingerprint density at radius 3 is 2.84 bits per heavy atom. The Balaban J connectivity index is 2.64. The zero-order chi connectivity index (χ0) is 14.4. The molecule has 9 heteroatoms. The maximum atomic E-state index is 13.3. The number of carbonyl (C=O) groups is 1. The van der Waals surface area contributed by atoms with Crippen LogP contribution in [-0.2, 0) is 9.53 Å². The molecule has 1 amide bonds. The van der Waals surface area contributed by atoms with E-state index < -0.39 is 16.6 Å². The average Bonchev–Trinajstić information content (AvgIpc) is 2.32. The van der Waals surface area contributed by atoms with Crippen LogP contribution in [-0.4, -0.2) is 30.6 Å². The molecule has 0 aromatic heterocycles. The van der Waals surface area contributed by atoms with Crippen molar-refractivity contribution in [3.63, 3.8) is 0 Å². The number of nitro groups is 1. The summed E-state index contributed by atoms with van der Waals surface area (Å²) in [4.78, 5) is 20.6. The van der Waals surface area contributed by atoms with Crippen LogP contribution in [0.15, 0.2) is 16.6 Å². The van der Waals surface area contributed by atoms with E-state index in [2.05, 4.69) is 21.2 Å². The van der Waals surface area contributed by atoms with Crippen LogP contribution in [0.4, 0.5) is 15.8 Å². The van der Waals surface area contributed by atoms with Gasteiger partial charge in [0.05, 0.1) is 16.0 Å². The monoisotopic (exact) mass is 335 g/mol. The van der Waals surface area contributed by atoms with Gasteiger partial charge in [-0.1, -0.05) is 0 Å². The Morgan fingerprint density at radius 2 is 2.26 bits per heavy atom. The summed E-state index contributed by atoms with van der Waals surface area (Å²) in [5.74, 6) is -1.23. The summed E-state index contributed by atoms with van der Waals surface area (Å²) in [6, 6.07) is 2.08. The molecule has 0 spiro atoms. The fourth-order valence-electron chi connectivity index (χ4n) is 1.26. The Bertz CT molecular complexity index is 498. The lowest BCUT2D eigenvalue weighted by molar-refractivity contribution is -0.384. The second-order valence-corrected chi connectivity index (χ2v) is 4.34. The molecule has 19 heavy (non-hydrogen) atoms. The lowest BCUT2D eigenvalue weighted by atomic mass is 10.2. The fraction of sp³-hybridized carbons (Fsp3) is 0.300. The second-order valence-electron chi connectivity index (χ2n) is 3.49. The number of carbonyl (C=O) groups excluding carboxylic acids is 1. The van der Waals surface area contributed by atoms with E-state index in [9.17, 15) is 19.3 Å². The third-order valence-corrected chi connectivity index (χ3v) is 2.65. The van der Waals surface area contributed by atoms with Crippen molar-refractivity contribution in [3.8, 4) is 0 Å². The van der Waals surface area contributed by atoms with Crippen LogP contribution in [0.25, 0.3) is 0 Å². The van der Waals surface area contributed by atoms with Crippen LogP contribution < -0.4 is 11.1 Å². The lowest BCUT2D eigenvalue weighted by Crippen LogP contribution is -2.20. The minimum atomic E-state index is -0.628. The highest BCUT2D eigenvalue weighted by molar-refractivity contribution is 9.10. The van der Waals surface area contributed by atoms with E-state index in [1.165, 1.54) is 0 Å². The first-order chi connectivity index (χ1) is 8.91. The molecule has 0 saturated carbocycles. The first kappa shape index (κ1) is 15.3. The summed E-state index contributed by atoms with van der Waals surface area (Å²) in [6.07, 6.45) is 0. The van der Waals surface area contributed by atoms with Gasteiger partial charge in [-0.15, -0.1) is 0 Å². The number of hydrogen-bond acceptors (Lipinski definition) is 5. The predicted octanol–water partition coefficient (Wildman–Crippen LogP) is 1.41. The molecular weight excluding hydrogens is 325 g/mol. The summed E-state index contributed by atoms with van der Waals surface area (Å²) < 4.78 is 18.2. The van der Waals surface area contributed by atoms with Crippen molar-refractivity contribution in [1.82, 2.24) is 0 Å². The number of rotatable bonds is 7. The summed E-state index contributed by atoms with van der Waals surface area (Å²) in [6.45, 7) is 0.0471. The van der Waals surface area contributed by atoms with Crippen LogP contribution in [0.5, 0.6) is 0 Å². The maximum absolute atomic E-state index is 13.3. The number of nitro benzene ring substituents is 1. The molecule has 0 heterocycles. The number of nitrogens with two attached hydrogens (primary N) is 1. The smallest absolute Gasteiger partial charge is 0.293 e. The van der Waals surface area contributed by atoms with Gasteiger partial charge in [0.15, 0.2) is 0 Å². The molecule has 0 unspecified atom stereocenters. The topological polar surface area (TPSA) is 107 Å². The van der Waals surface area contributed by atoms with Crippen LogP contribution >= 0.6 is 15.9 Å². The van der Waals surface area contributed by atoms with Gasteiger partial charge < -0.3 is 15.8 Å². The molecule has 0 aliphatic heterocycles. The minimum absolute atomic E-state index is 0.00901. The number of nitrogens with zero attached hydrogens (tertiary/aromatic N) is 1. The van der Waals surface area contributed by atoms with Crippen LogP contribution in [0.1, 0.15) is 0 Å². The zero-order valence-electron chi connectivity index (χ0n) is 9.69. The molecule has 0 aliphatic carbocycles. The largest absolute Gasteiger partial charge is 0.377 e. The molecular formula is C10H11BrFN3O4. The summed E-state index contributed by atoms with van der Waals surface area (Å²) in [5, 5.41) is 13.5. The van der Waals surface area contributed by atoms with Gasteiger partial charge in [0.2, 0.25) is 5.91 Å². The van der Waals surface area contributed by atoms with Crippen LogP contribution in [0.3, 0.4) is 0 Å². The number of anilines is 1. The summed E-state index contributed by atoms with van der Waals surface area (Å²) >= 11 is 2.87. The highest BCUT2D eigenvalue weighted by Gasteiger charge is 2.17. The van der Waals surface area contributed by atoms with Gasteiger partial charge in [0.1, 0.15) is 18.1 Å². The van der Waals surface area contributed by atoms with Crippen molar-refractivity contribution >= 4 is 33.2 Å². The van der Waals surface area contributed by atoms with E-state index >= 15 is 0 Å². The maximum Gasteiger partial charge on any atom is 0.293 e. The number of halogens is 2. The van der Waals surface area contributed by atoms with Crippen molar-refractivity contribution in [2.24, 2.45) is 5.73 Å². The Hall–Kier alpha value is -1.74. The van der Waals surface area contributed by atoms with E-state index in [0.717, 1.165) is 12.1 Å². The van der Waals surface area contributed by atoms with Gasteiger partial charge in [0, 0.05) is 18.7 Å². The molecule has 104 valence electrons. The van der Waals surface area contributed by atoms with Crippen molar-refractivity contribution in [1.29, 1.82) is 0 Å². The van der Waals surface area contributed by atoms with Crippen molar-refractivity contribution in [2.45, 2.75) is 0 Å². The van der Waals surface area contributed by atoms with Gasteiger partial charge in [-0.25, -0.2) is 4.39 Å². The molecule has 0 bridgehead atoms. The molecule has 7 nitrogen and oxygen atoms in total. The minimum Gasteiger partial charge on any atom is -0.377 e. The Morgan fingerprint density at radius 1 is 1.58 bits per heavy atom. The zero-order valence-corrected chi connectivity index (χ0v) is 11.3. The first-order valence-corrected chi connectivity index (χ1v) is 5.94. The Kier molecular flexibility index (Phi) is 5.64. The van der Waals surface area contributed by atoms with Crippen molar-refractivity contribution in [2.75, 3.05) is 25.1 Å². The number of amides is 1. The highest BCUT2D eigenvalue weighted by atomic mass is 79.9. The van der Waals surface area contributed by atoms with Crippen LogP contribution in [0, 0.1) is 15.9 Å². The lowest BCUT2D eigenvalue weighted by Gasteiger charge is -2.08. The quantitative estimate of drug-likeness (QED) is 0.445. The molecule has 0 aliphatic rings. The first-order valence-electron chi connectivity index (χ1n) is 5.15. The third-order valence-electron chi connectivity index (χ3n) is 2.04. The molecule has 3 N–H and O–H groups in total. The van der Waals surface area contributed by atoms with Gasteiger partial charge in [-0.2, -0.15) is 0 Å². The standard InChI is InChI=1S/C10H11BrFN3O4/c11-6-3-9(15(17)18)8(4-7(6)12)14-1-2-19-5-10(13)16/h3-4,14H,1-2,5H2,(H2,13,16). The van der Waals surface area contributed by atoms with Crippen molar-refractivity contribution < 1.29 is 18.8 Å². The normalized spacial score (nSPS) is 10.2. The number of hydrogen-bond donors (Lipinski definition) is 2. The highest BCUT2D eigenvalue weighted by Crippen LogP contribution is 2.30. The summed E-state index contributed by atoms with van der Waals surface area (Å²) in [7, 11) is 0. The van der Waals surface area contributed by atoms with E-state index in [1.807, 2.05) is 0 Å². The van der Waals surface area contributed by atoms with E-state index in [4.69, 9.17) is 10.5 Å². The average molecular weight is 336 g/mol. The number of benzene rings is 1. The SMILES string of the molecule is NC(=O)COCCNc1cc(F)c(Br)cc1[N+](=O)[O-]. The third kappa shape index (κ3) is 4.79. The van der Waals surface area contributed by atoms with E-state index in [-0.39, 0.29) is 35.6 Å². The Labute approximate surface area is 116 Å². The molecule has 0 radical (unpaired) electrons. The van der Waals surface area contributed by atoms with Gasteiger partial charge in [-0.05, 0) is 15.9 Å². The molecule has 0 fully saturated rings. The van der Waals surface area contributed by atoms with Gasteiger partial charge >= 0.3 is 0 Å². The molecule has 0 atom stereocenters. The van der Waals surface area contributed by atoms with E-state index in [1.54, 1.807) is 0 Å².